The molecule has 1 saturated heterocycles. The second kappa shape index (κ2) is 24.5. The van der Waals surface area contributed by atoms with Gasteiger partial charge in [0.1, 0.15) is 30.5 Å². The lowest BCUT2D eigenvalue weighted by Gasteiger charge is -2.41. The molecule has 7 atom stereocenters. The first-order chi connectivity index (χ1) is 20.3. The number of aliphatic hydroxyl groups excluding tert-OH is 6. The van der Waals surface area contributed by atoms with Gasteiger partial charge >= 0.3 is 0 Å². The molecule has 0 aliphatic carbocycles. The third kappa shape index (κ3) is 16.3. The summed E-state index contributed by atoms with van der Waals surface area (Å²) < 4.78 is 5.53. The van der Waals surface area contributed by atoms with Gasteiger partial charge in [0.2, 0.25) is 0 Å². The van der Waals surface area contributed by atoms with Crippen molar-refractivity contribution in [2.45, 2.75) is 185 Å². The van der Waals surface area contributed by atoms with E-state index in [0.717, 1.165) is 44.9 Å². The molecule has 1 aliphatic heterocycles. The van der Waals surface area contributed by atoms with E-state index >= 15 is 0 Å². The molecule has 42 heavy (non-hydrogen) atoms. The second-order valence-electron chi connectivity index (χ2n) is 12.5. The van der Waals surface area contributed by atoms with Gasteiger partial charge in [-0.3, -0.25) is 4.79 Å². The topological polar surface area (TPSA) is 151 Å². The Labute approximate surface area is 255 Å². The van der Waals surface area contributed by atoms with Crippen LogP contribution in [0.3, 0.4) is 0 Å². The molecule has 0 radical (unpaired) electrons. The van der Waals surface area contributed by atoms with Crippen LogP contribution in [0.15, 0.2) is 0 Å². The van der Waals surface area contributed by atoms with Crippen LogP contribution in [0.1, 0.15) is 142 Å². The van der Waals surface area contributed by atoms with Gasteiger partial charge in [0, 0.05) is 19.5 Å². The molecular formula is C33H65NO8. The van der Waals surface area contributed by atoms with Gasteiger partial charge in [0.25, 0.3) is 5.91 Å². The van der Waals surface area contributed by atoms with E-state index in [1.807, 2.05) is 0 Å². The Morgan fingerprint density at radius 1 is 0.667 bits per heavy atom. The highest BCUT2D eigenvalue weighted by Gasteiger charge is 2.44. The maximum Gasteiger partial charge on any atom is 0.251 e. The fourth-order valence-electron chi connectivity index (χ4n) is 5.86. The van der Waals surface area contributed by atoms with Crippen LogP contribution in [-0.4, -0.2) is 104 Å². The van der Waals surface area contributed by atoms with Gasteiger partial charge in [-0.25, -0.2) is 0 Å². The summed E-state index contributed by atoms with van der Waals surface area (Å²) in [5.74, 6) is -0.394. The standard InChI is InChI=1S/C33H65NO8/c1-3-5-7-9-10-11-12-13-14-15-16-17-18-20-22-34(33(41)27(37)21-19-8-6-4-2)24-26(36)23-28-30(38)32(40)31(39)29(25-35)42-28/h26-32,35-40H,3-25H2,1-2H3/t26?,27?,28-,29+,30-,31+,32+/m0/s1. The number of nitrogens with zero attached hydrogens (tertiary/aromatic N) is 1. The van der Waals surface area contributed by atoms with E-state index in [9.17, 15) is 35.4 Å². The lowest BCUT2D eigenvalue weighted by molar-refractivity contribution is -0.234. The highest BCUT2D eigenvalue weighted by molar-refractivity contribution is 5.80. The summed E-state index contributed by atoms with van der Waals surface area (Å²) in [6.07, 6.45) is 12.7. The van der Waals surface area contributed by atoms with Crippen LogP contribution in [-0.2, 0) is 9.53 Å². The minimum absolute atomic E-state index is 0.0294. The summed E-state index contributed by atoms with van der Waals surface area (Å²) in [7, 11) is 0. The van der Waals surface area contributed by atoms with Crippen LogP contribution in [0.5, 0.6) is 0 Å². The number of carbonyl (C=O) groups is 1. The number of hydrogen-bond acceptors (Lipinski definition) is 8. The molecule has 9 nitrogen and oxygen atoms in total. The van der Waals surface area contributed by atoms with Crippen molar-refractivity contribution in [2.75, 3.05) is 19.7 Å². The van der Waals surface area contributed by atoms with E-state index in [1.54, 1.807) is 0 Å². The van der Waals surface area contributed by atoms with E-state index in [4.69, 9.17) is 4.74 Å². The van der Waals surface area contributed by atoms with E-state index in [-0.39, 0.29) is 13.0 Å². The van der Waals surface area contributed by atoms with Gasteiger partial charge in [0.15, 0.2) is 0 Å². The average molecular weight is 604 g/mol. The zero-order valence-electron chi connectivity index (χ0n) is 26.8. The molecule has 1 aliphatic rings. The molecule has 0 aromatic rings. The average Bonchev–Trinajstić information content (AvgIpc) is 2.98. The quantitative estimate of drug-likeness (QED) is 0.0805. The first-order valence-electron chi connectivity index (χ1n) is 17.2. The Kier molecular flexibility index (Phi) is 22.9. The van der Waals surface area contributed by atoms with E-state index in [2.05, 4.69) is 13.8 Å². The van der Waals surface area contributed by atoms with Crippen molar-refractivity contribution in [1.82, 2.24) is 4.90 Å². The van der Waals surface area contributed by atoms with Crippen molar-refractivity contribution in [2.24, 2.45) is 0 Å². The predicted molar refractivity (Wildman–Crippen MR) is 166 cm³/mol. The van der Waals surface area contributed by atoms with Crippen LogP contribution in [0.4, 0.5) is 0 Å². The molecule has 0 spiro atoms. The molecule has 0 aromatic heterocycles. The Bertz CT molecular complexity index is 652. The van der Waals surface area contributed by atoms with Gasteiger partial charge in [-0.15, -0.1) is 0 Å². The zero-order valence-corrected chi connectivity index (χ0v) is 26.8. The van der Waals surface area contributed by atoms with Gasteiger partial charge in [-0.05, 0) is 12.8 Å². The number of amides is 1. The van der Waals surface area contributed by atoms with Gasteiger partial charge in [0.05, 0.1) is 18.8 Å². The molecule has 0 bridgehead atoms. The SMILES string of the molecule is CCCCCCCCCCCCCCCCN(CC(O)C[C@@H]1O[C@H](CO)[C@@H](O)[C@H](O)[C@H]1O)C(=O)C(O)CCCCCC. The predicted octanol–water partition coefficient (Wildman–Crippen LogP) is 4.22. The van der Waals surface area contributed by atoms with Crippen molar-refractivity contribution < 1.29 is 40.2 Å². The smallest absolute Gasteiger partial charge is 0.251 e. The molecule has 1 heterocycles. The Morgan fingerprint density at radius 3 is 1.62 bits per heavy atom. The van der Waals surface area contributed by atoms with Gasteiger partial charge in [-0.2, -0.15) is 0 Å². The van der Waals surface area contributed by atoms with Crippen molar-refractivity contribution in [3.05, 3.63) is 0 Å². The Hall–Kier alpha value is -0.810. The largest absolute Gasteiger partial charge is 0.394 e. The molecule has 9 heteroatoms. The maximum absolute atomic E-state index is 13.1. The van der Waals surface area contributed by atoms with Crippen LogP contribution in [0.25, 0.3) is 0 Å². The summed E-state index contributed by atoms with van der Waals surface area (Å²) in [5.41, 5.74) is 0. The van der Waals surface area contributed by atoms with Crippen LogP contribution in [0, 0.1) is 0 Å². The Balaban J connectivity index is 2.47. The minimum Gasteiger partial charge on any atom is -0.394 e. The third-order valence-electron chi connectivity index (χ3n) is 8.64. The lowest BCUT2D eigenvalue weighted by atomic mass is 9.92. The molecule has 2 unspecified atom stereocenters. The van der Waals surface area contributed by atoms with Gasteiger partial charge in [-0.1, -0.05) is 123 Å². The van der Waals surface area contributed by atoms with Crippen molar-refractivity contribution in [1.29, 1.82) is 0 Å². The number of aliphatic hydroxyl groups is 6. The highest BCUT2D eigenvalue weighted by atomic mass is 16.5. The first kappa shape index (κ1) is 39.2. The van der Waals surface area contributed by atoms with Crippen molar-refractivity contribution in [3.8, 4) is 0 Å². The summed E-state index contributed by atoms with van der Waals surface area (Å²) in [5, 5.41) is 61.3. The summed E-state index contributed by atoms with van der Waals surface area (Å²) in [4.78, 5) is 14.6. The van der Waals surface area contributed by atoms with E-state index in [0.29, 0.717) is 13.0 Å². The van der Waals surface area contributed by atoms with Crippen LogP contribution >= 0.6 is 0 Å². The van der Waals surface area contributed by atoms with E-state index in [1.165, 1.54) is 75.5 Å². The first-order valence-corrected chi connectivity index (χ1v) is 17.2. The second-order valence-corrected chi connectivity index (χ2v) is 12.5. The molecular weight excluding hydrogens is 538 g/mol. The Morgan fingerprint density at radius 2 is 1.12 bits per heavy atom. The molecule has 0 aromatic carbocycles. The molecule has 0 saturated carbocycles. The third-order valence-corrected chi connectivity index (χ3v) is 8.64. The van der Waals surface area contributed by atoms with Gasteiger partial charge < -0.3 is 40.3 Å². The van der Waals surface area contributed by atoms with Crippen LogP contribution in [0.2, 0.25) is 0 Å². The highest BCUT2D eigenvalue weighted by Crippen LogP contribution is 2.24. The zero-order chi connectivity index (χ0) is 31.2. The maximum atomic E-state index is 13.1. The molecule has 1 amide bonds. The number of rotatable bonds is 26. The molecule has 1 fully saturated rings. The number of hydrogen-bond donors (Lipinski definition) is 6. The molecule has 1 rings (SSSR count). The lowest BCUT2D eigenvalue weighted by Crippen LogP contribution is -2.59. The van der Waals surface area contributed by atoms with E-state index < -0.39 is 55.2 Å². The summed E-state index contributed by atoms with van der Waals surface area (Å²) in [6, 6.07) is 0. The fourth-order valence-corrected chi connectivity index (χ4v) is 5.86. The number of ether oxygens (including phenoxy) is 1. The normalized spacial score (nSPS) is 24.0. The molecule has 6 N–H and O–H groups in total. The van der Waals surface area contributed by atoms with Crippen LogP contribution < -0.4 is 0 Å². The number of unbranched alkanes of at least 4 members (excludes halogenated alkanes) is 16. The van der Waals surface area contributed by atoms with Crippen molar-refractivity contribution >= 4 is 5.91 Å². The fraction of sp³-hybridized carbons (Fsp3) is 0.970. The van der Waals surface area contributed by atoms with Crippen molar-refractivity contribution in [3.63, 3.8) is 0 Å². The number of carbonyl (C=O) groups excluding carboxylic acids is 1. The monoisotopic (exact) mass is 603 g/mol. The minimum atomic E-state index is -1.51. The summed E-state index contributed by atoms with van der Waals surface area (Å²) in [6.45, 7) is 4.22. The molecule has 250 valence electrons. The summed E-state index contributed by atoms with van der Waals surface area (Å²) >= 11 is 0.